The number of pyridine rings is 1. The fourth-order valence-electron chi connectivity index (χ4n) is 0.724. The van der Waals surface area contributed by atoms with Crippen LogP contribution in [0.5, 0.6) is 0 Å². The molecule has 0 amide bonds. The van der Waals surface area contributed by atoms with E-state index in [9.17, 15) is 0 Å². The molecule has 1 aromatic heterocycles. The van der Waals surface area contributed by atoms with Crippen LogP contribution in [0, 0.1) is 6.07 Å². The van der Waals surface area contributed by atoms with Crippen molar-refractivity contribution in [1.29, 1.82) is 0 Å². The number of hydrogen-bond donors (Lipinski definition) is 0. The number of hydrogen-bond acceptors (Lipinski definition) is 1. The SMILES string of the molecule is CCCC[Se]c1c[c]cnc1. The minimum absolute atomic E-state index is 0.626. The summed E-state index contributed by atoms with van der Waals surface area (Å²) in [4.78, 5) is 4.02. The Morgan fingerprint density at radius 1 is 1.64 bits per heavy atom. The second-order valence-electron chi connectivity index (χ2n) is 2.32. The maximum absolute atomic E-state index is 4.02. The van der Waals surface area contributed by atoms with Crippen LogP contribution in [0.1, 0.15) is 19.8 Å². The zero-order chi connectivity index (χ0) is 7.94. The van der Waals surface area contributed by atoms with Gasteiger partial charge >= 0.3 is 74.0 Å². The molecule has 0 aliphatic heterocycles. The second kappa shape index (κ2) is 5.34. The summed E-state index contributed by atoms with van der Waals surface area (Å²) in [7, 11) is 0. The first-order valence-corrected chi connectivity index (χ1v) is 5.94. The Morgan fingerprint density at radius 2 is 2.55 bits per heavy atom. The fourth-order valence-corrected chi connectivity index (χ4v) is 2.73. The van der Waals surface area contributed by atoms with Crippen LogP contribution in [0.25, 0.3) is 0 Å². The Balaban J connectivity index is 2.28. The molecule has 0 aromatic carbocycles. The van der Waals surface area contributed by atoms with Gasteiger partial charge in [-0.05, 0) is 0 Å². The van der Waals surface area contributed by atoms with Crippen molar-refractivity contribution < 1.29 is 0 Å². The Labute approximate surface area is 74.4 Å². The van der Waals surface area contributed by atoms with Crippen molar-refractivity contribution in [2.45, 2.75) is 25.1 Å². The summed E-state index contributed by atoms with van der Waals surface area (Å²) in [5.41, 5.74) is 0. The van der Waals surface area contributed by atoms with Gasteiger partial charge in [-0.2, -0.15) is 0 Å². The molecule has 0 fully saturated rings. The minimum atomic E-state index is 0.626. The molecule has 1 nitrogen and oxygen atoms in total. The average Bonchev–Trinajstić information content (AvgIpc) is 2.07. The van der Waals surface area contributed by atoms with Gasteiger partial charge in [0.1, 0.15) is 0 Å². The molecular formula is C9H12NSe. The molecule has 1 radical (unpaired) electrons. The van der Waals surface area contributed by atoms with Gasteiger partial charge in [-0.25, -0.2) is 0 Å². The van der Waals surface area contributed by atoms with Gasteiger partial charge < -0.3 is 0 Å². The molecule has 1 rings (SSSR count). The average molecular weight is 213 g/mol. The van der Waals surface area contributed by atoms with Crippen LogP contribution in [0.2, 0.25) is 5.32 Å². The molecule has 0 bridgehead atoms. The fraction of sp³-hybridized carbons (Fsp3) is 0.444. The van der Waals surface area contributed by atoms with E-state index in [1.54, 1.807) is 6.20 Å². The monoisotopic (exact) mass is 214 g/mol. The van der Waals surface area contributed by atoms with Crippen molar-refractivity contribution in [3.8, 4) is 0 Å². The van der Waals surface area contributed by atoms with Crippen molar-refractivity contribution in [3.63, 3.8) is 0 Å². The molecule has 59 valence electrons. The summed E-state index contributed by atoms with van der Waals surface area (Å²) in [6.07, 6.45) is 6.30. The van der Waals surface area contributed by atoms with E-state index < -0.39 is 0 Å². The number of unbranched alkanes of at least 4 members (excludes halogenated alkanes) is 1. The van der Waals surface area contributed by atoms with Crippen LogP contribution >= 0.6 is 0 Å². The van der Waals surface area contributed by atoms with Crippen LogP contribution < -0.4 is 4.46 Å². The van der Waals surface area contributed by atoms with E-state index in [-0.39, 0.29) is 0 Å². The van der Waals surface area contributed by atoms with Crippen LogP contribution in [0.4, 0.5) is 0 Å². The Hall–Kier alpha value is -0.331. The number of nitrogens with zero attached hydrogens (tertiary/aromatic N) is 1. The Bertz CT molecular complexity index is 186. The van der Waals surface area contributed by atoms with Gasteiger partial charge in [-0.1, -0.05) is 0 Å². The summed E-state index contributed by atoms with van der Waals surface area (Å²) in [6.45, 7) is 2.23. The van der Waals surface area contributed by atoms with E-state index in [2.05, 4.69) is 18.0 Å². The third-order valence-electron chi connectivity index (χ3n) is 1.34. The van der Waals surface area contributed by atoms with Crippen LogP contribution in [0.3, 0.4) is 0 Å². The second-order valence-corrected chi connectivity index (χ2v) is 4.77. The van der Waals surface area contributed by atoms with E-state index in [1.807, 2.05) is 12.3 Å². The first kappa shape index (κ1) is 8.76. The standard InChI is InChI=1S/C9H12NSe/c1-2-3-7-11-9-5-4-6-10-8-9/h5-6,8H,2-3,7H2,1H3. The predicted molar refractivity (Wildman–Crippen MR) is 48.2 cm³/mol. The van der Waals surface area contributed by atoms with E-state index in [0.717, 1.165) is 0 Å². The Kier molecular flexibility index (Phi) is 4.25. The van der Waals surface area contributed by atoms with Gasteiger partial charge in [0.2, 0.25) is 0 Å². The maximum atomic E-state index is 4.02. The Morgan fingerprint density at radius 3 is 3.18 bits per heavy atom. The third-order valence-corrected chi connectivity index (χ3v) is 3.54. The van der Waals surface area contributed by atoms with Gasteiger partial charge in [0.15, 0.2) is 0 Å². The summed E-state index contributed by atoms with van der Waals surface area (Å²) in [6, 6.07) is 5.04. The van der Waals surface area contributed by atoms with Gasteiger partial charge in [0, 0.05) is 0 Å². The molecule has 0 atom stereocenters. The molecule has 0 N–H and O–H groups in total. The van der Waals surface area contributed by atoms with Crippen molar-refractivity contribution >= 4 is 19.4 Å². The topological polar surface area (TPSA) is 12.9 Å². The molecule has 1 heterocycles. The van der Waals surface area contributed by atoms with Gasteiger partial charge in [0.25, 0.3) is 0 Å². The van der Waals surface area contributed by atoms with E-state index in [4.69, 9.17) is 0 Å². The van der Waals surface area contributed by atoms with Gasteiger partial charge in [0.05, 0.1) is 0 Å². The normalized spacial score (nSPS) is 9.91. The summed E-state index contributed by atoms with van der Waals surface area (Å²) in [5.74, 6) is 0. The quantitative estimate of drug-likeness (QED) is 0.544. The first-order valence-electron chi connectivity index (χ1n) is 3.87. The zero-order valence-electron chi connectivity index (χ0n) is 6.71. The molecule has 11 heavy (non-hydrogen) atoms. The van der Waals surface area contributed by atoms with Gasteiger partial charge in [-0.3, -0.25) is 0 Å². The number of aromatic nitrogens is 1. The molecule has 0 spiro atoms. The van der Waals surface area contributed by atoms with Gasteiger partial charge in [-0.15, -0.1) is 0 Å². The van der Waals surface area contributed by atoms with Crippen molar-refractivity contribution in [3.05, 3.63) is 24.5 Å². The first-order chi connectivity index (χ1) is 5.43. The van der Waals surface area contributed by atoms with Crippen molar-refractivity contribution in [2.75, 3.05) is 0 Å². The van der Waals surface area contributed by atoms with Crippen molar-refractivity contribution in [2.24, 2.45) is 0 Å². The van der Waals surface area contributed by atoms with E-state index >= 15 is 0 Å². The zero-order valence-corrected chi connectivity index (χ0v) is 8.42. The van der Waals surface area contributed by atoms with Crippen LogP contribution in [0.15, 0.2) is 18.5 Å². The third kappa shape index (κ3) is 3.54. The summed E-state index contributed by atoms with van der Waals surface area (Å²) < 4.78 is 1.37. The predicted octanol–water partition coefficient (Wildman–Crippen LogP) is 1.43. The van der Waals surface area contributed by atoms with E-state index in [1.165, 1.54) is 22.6 Å². The van der Waals surface area contributed by atoms with Crippen molar-refractivity contribution in [1.82, 2.24) is 4.98 Å². The van der Waals surface area contributed by atoms with Crippen LogP contribution in [-0.4, -0.2) is 19.9 Å². The number of rotatable bonds is 4. The molecule has 0 aliphatic rings. The van der Waals surface area contributed by atoms with E-state index in [0.29, 0.717) is 15.0 Å². The molecule has 0 saturated heterocycles. The summed E-state index contributed by atoms with van der Waals surface area (Å²) in [5, 5.41) is 1.34. The summed E-state index contributed by atoms with van der Waals surface area (Å²) >= 11 is 0.626. The van der Waals surface area contributed by atoms with Crippen LogP contribution in [-0.2, 0) is 0 Å². The molecule has 0 unspecified atom stereocenters. The molecule has 2 heteroatoms. The molecule has 0 aliphatic carbocycles. The molecule has 1 aromatic rings. The molecule has 0 saturated carbocycles. The molecular weight excluding hydrogens is 201 g/mol.